The normalized spacial score (nSPS) is 36.9. The Morgan fingerprint density at radius 2 is 1.88 bits per heavy atom. The highest BCUT2D eigenvalue weighted by atomic mass is 16.2. The van der Waals surface area contributed by atoms with Crippen molar-refractivity contribution in [3.05, 3.63) is 35.7 Å². The molecule has 0 radical (unpaired) electrons. The van der Waals surface area contributed by atoms with Crippen molar-refractivity contribution in [3.8, 4) is 0 Å². The molecule has 0 aromatic carbocycles. The SMILES string of the molecule is O=C1/C(=C/c2ccncc2)CC[C@@H]2[C@H]3CCCN4CCC[C@@H](CN12)[C@@H]34. The van der Waals surface area contributed by atoms with E-state index in [2.05, 4.69) is 20.9 Å². The van der Waals surface area contributed by atoms with E-state index in [1.54, 1.807) is 12.4 Å². The van der Waals surface area contributed by atoms with Crippen LogP contribution >= 0.6 is 0 Å². The third kappa shape index (κ3) is 2.62. The molecule has 4 heteroatoms. The van der Waals surface area contributed by atoms with E-state index in [1.165, 1.54) is 38.8 Å². The molecule has 25 heavy (non-hydrogen) atoms. The maximum absolute atomic E-state index is 13.2. The molecule has 0 aliphatic carbocycles. The number of fused-ring (bicyclic) bond motifs is 2. The summed E-state index contributed by atoms with van der Waals surface area (Å²) in [5.41, 5.74) is 2.08. The Bertz CT molecular complexity index is 684. The number of amides is 1. The summed E-state index contributed by atoms with van der Waals surface area (Å²) in [6, 6.07) is 5.20. The molecule has 0 N–H and O–H groups in total. The van der Waals surface area contributed by atoms with Gasteiger partial charge in [0.05, 0.1) is 0 Å². The van der Waals surface area contributed by atoms with Crippen LogP contribution in [0.4, 0.5) is 0 Å². The highest BCUT2D eigenvalue weighted by Gasteiger charge is 2.51. The lowest BCUT2D eigenvalue weighted by Crippen LogP contribution is -2.66. The molecule has 1 amide bonds. The lowest BCUT2D eigenvalue weighted by Gasteiger charge is -2.58. The lowest BCUT2D eigenvalue weighted by molar-refractivity contribution is -0.145. The predicted molar refractivity (Wildman–Crippen MR) is 97.8 cm³/mol. The van der Waals surface area contributed by atoms with E-state index in [0.717, 1.165) is 36.6 Å². The standard InChI is InChI=1S/C21H27N3O/c25-21-16(13-15-7-9-22-10-8-15)5-6-19-18-4-2-12-23-11-1-3-17(20(18)23)14-24(19)21/h7-10,13,17-20H,1-6,11-12,14H2/b16-13+/t17-,18+,19+,20-/m0/s1. The Balaban J connectivity index is 1.43. The summed E-state index contributed by atoms with van der Waals surface area (Å²) in [5, 5.41) is 0. The van der Waals surface area contributed by atoms with Crippen LogP contribution in [0.3, 0.4) is 0 Å². The zero-order valence-electron chi connectivity index (χ0n) is 14.8. The van der Waals surface area contributed by atoms with Gasteiger partial charge in [0.2, 0.25) is 5.91 Å². The maximum Gasteiger partial charge on any atom is 0.250 e. The Labute approximate surface area is 149 Å². The Morgan fingerprint density at radius 1 is 1.08 bits per heavy atom. The van der Waals surface area contributed by atoms with Crippen molar-refractivity contribution in [2.24, 2.45) is 11.8 Å². The first-order chi connectivity index (χ1) is 12.3. The van der Waals surface area contributed by atoms with Crippen molar-refractivity contribution in [2.75, 3.05) is 19.6 Å². The Hall–Kier alpha value is -1.68. The highest BCUT2D eigenvalue weighted by molar-refractivity contribution is 5.98. The molecule has 5 heterocycles. The Kier molecular flexibility index (Phi) is 3.89. The van der Waals surface area contributed by atoms with Crippen molar-refractivity contribution < 1.29 is 4.79 Å². The number of piperidine rings is 4. The number of rotatable bonds is 1. The maximum atomic E-state index is 13.2. The van der Waals surface area contributed by atoms with Gasteiger partial charge < -0.3 is 4.90 Å². The third-order valence-electron chi connectivity index (χ3n) is 6.96. The van der Waals surface area contributed by atoms with Crippen LogP contribution in [0, 0.1) is 11.8 Å². The molecule has 4 saturated heterocycles. The molecule has 0 unspecified atom stereocenters. The van der Waals surface area contributed by atoms with Crippen molar-refractivity contribution in [1.82, 2.24) is 14.8 Å². The van der Waals surface area contributed by atoms with Crippen LogP contribution in [-0.2, 0) is 4.79 Å². The second-order valence-electron chi connectivity index (χ2n) is 8.25. The summed E-state index contributed by atoms with van der Waals surface area (Å²) in [6.07, 6.45) is 13.0. The quantitative estimate of drug-likeness (QED) is 0.739. The molecule has 5 rings (SSSR count). The molecule has 132 valence electrons. The third-order valence-corrected chi connectivity index (χ3v) is 6.96. The summed E-state index contributed by atoms with van der Waals surface area (Å²) in [6.45, 7) is 3.55. The van der Waals surface area contributed by atoms with E-state index in [9.17, 15) is 4.79 Å². The van der Waals surface area contributed by atoms with E-state index in [1.807, 2.05) is 12.1 Å². The van der Waals surface area contributed by atoms with E-state index in [0.29, 0.717) is 23.8 Å². The molecular weight excluding hydrogens is 310 g/mol. The average Bonchev–Trinajstić information content (AvgIpc) is 2.66. The fraction of sp³-hybridized carbons (Fsp3) is 0.619. The number of nitrogens with zero attached hydrogens (tertiary/aromatic N) is 3. The molecular formula is C21H27N3O. The average molecular weight is 337 g/mol. The highest BCUT2D eigenvalue weighted by Crippen LogP contribution is 2.45. The molecule has 4 aliphatic rings. The van der Waals surface area contributed by atoms with Gasteiger partial charge in [0.25, 0.3) is 0 Å². The zero-order valence-corrected chi connectivity index (χ0v) is 14.8. The van der Waals surface area contributed by atoms with Crippen LogP contribution in [0.25, 0.3) is 6.08 Å². The fourth-order valence-electron chi connectivity index (χ4n) is 5.99. The molecule has 4 nitrogen and oxygen atoms in total. The molecule has 1 aromatic heterocycles. The van der Waals surface area contributed by atoms with Gasteiger partial charge in [-0.15, -0.1) is 0 Å². The van der Waals surface area contributed by atoms with Gasteiger partial charge in [-0.3, -0.25) is 14.7 Å². The van der Waals surface area contributed by atoms with Crippen molar-refractivity contribution in [1.29, 1.82) is 0 Å². The molecule has 1 aromatic rings. The predicted octanol–water partition coefficient (Wildman–Crippen LogP) is 2.96. The molecule has 4 aliphatic heterocycles. The summed E-state index contributed by atoms with van der Waals surface area (Å²) < 4.78 is 0. The lowest BCUT2D eigenvalue weighted by atomic mass is 9.67. The molecule has 4 atom stereocenters. The number of hydrogen-bond acceptors (Lipinski definition) is 3. The first-order valence-corrected chi connectivity index (χ1v) is 9.97. The van der Waals surface area contributed by atoms with Gasteiger partial charge in [0.15, 0.2) is 0 Å². The van der Waals surface area contributed by atoms with Gasteiger partial charge in [-0.2, -0.15) is 0 Å². The van der Waals surface area contributed by atoms with Gasteiger partial charge in [0, 0.05) is 36.6 Å². The first kappa shape index (κ1) is 15.6. The molecule has 0 spiro atoms. The van der Waals surface area contributed by atoms with Crippen LogP contribution in [0.2, 0.25) is 0 Å². The van der Waals surface area contributed by atoms with E-state index < -0.39 is 0 Å². The van der Waals surface area contributed by atoms with Crippen molar-refractivity contribution in [3.63, 3.8) is 0 Å². The Morgan fingerprint density at radius 3 is 2.72 bits per heavy atom. The number of pyridine rings is 1. The first-order valence-electron chi connectivity index (χ1n) is 9.97. The van der Waals surface area contributed by atoms with E-state index in [4.69, 9.17) is 0 Å². The van der Waals surface area contributed by atoms with E-state index in [-0.39, 0.29) is 0 Å². The largest absolute Gasteiger partial charge is 0.335 e. The van der Waals surface area contributed by atoms with Crippen molar-refractivity contribution >= 4 is 12.0 Å². The molecule has 0 saturated carbocycles. The second kappa shape index (κ2) is 6.24. The smallest absolute Gasteiger partial charge is 0.250 e. The van der Waals surface area contributed by atoms with Crippen molar-refractivity contribution in [2.45, 2.75) is 50.6 Å². The van der Waals surface area contributed by atoms with Crippen LogP contribution in [-0.4, -0.2) is 52.4 Å². The fourth-order valence-corrected chi connectivity index (χ4v) is 5.99. The number of hydrogen-bond donors (Lipinski definition) is 0. The van der Waals surface area contributed by atoms with Gasteiger partial charge in [-0.1, -0.05) is 0 Å². The topological polar surface area (TPSA) is 36.4 Å². The van der Waals surface area contributed by atoms with Gasteiger partial charge in [-0.05, 0) is 87.2 Å². The minimum atomic E-state index is 0.300. The summed E-state index contributed by atoms with van der Waals surface area (Å²) in [5.74, 6) is 1.70. The zero-order chi connectivity index (χ0) is 16.8. The summed E-state index contributed by atoms with van der Waals surface area (Å²) >= 11 is 0. The van der Waals surface area contributed by atoms with E-state index >= 15 is 0 Å². The minimum absolute atomic E-state index is 0.300. The van der Waals surface area contributed by atoms with Gasteiger partial charge in [-0.25, -0.2) is 0 Å². The van der Waals surface area contributed by atoms with Crippen LogP contribution in [0.15, 0.2) is 30.1 Å². The van der Waals surface area contributed by atoms with Crippen LogP contribution < -0.4 is 0 Å². The molecule has 0 bridgehead atoms. The van der Waals surface area contributed by atoms with Crippen LogP contribution in [0.1, 0.15) is 44.1 Å². The number of carbonyl (C=O) groups is 1. The van der Waals surface area contributed by atoms with Gasteiger partial charge in [0.1, 0.15) is 0 Å². The summed E-state index contributed by atoms with van der Waals surface area (Å²) in [4.78, 5) is 22.3. The van der Waals surface area contributed by atoms with Crippen LogP contribution in [0.5, 0.6) is 0 Å². The van der Waals surface area contributed by atoms with Gasteiger partial charge >= 0.3 is 0 Å². The number of carbonyl (C=O) groups excluding carboxylic acids is 1. The second-order valence-corrected chi connectivity index (χ2v) is 8.25. The monoisotopic (exact) mass is 337 g/mol. The number of aromatic nitrogens is 1. The molecule has 4 fully saturated rings. The minimum Gasteiger partial charge on any atom is -0.335 e. The summed E-state index contributed by atoms with van der Waals surface area (Å²) in [7, 11) is 0.